The van der Waals surface area contributed by atoms with Crippen LogP contribution < -0.4 is 0 Å². The van der Waals surface area contributed by atoms with Crippen LogP contribution in [-0.4, -0.2) is 19.8 Å². The first-order valence-corrected chi connectivity index (χ1v) is 7.96. The monoisotopic (exact) mass is 318 g/mol. The van der Waals surface area contributed by atoms with Gasteiger partial charge in [-0.15, -0.1) is 10.2 Å². The summed E-state index contributed by atoms with van der Waals surface area (Å²) >= 11 is 9.05. The van der Waals surface area contributed by atoms with Gasteiger partial charge >= 0.3 is 0 Å². The van der Waals surface area contributed by atoms with Crippen LogP contribution in [0.3, 0.4) is 0 Å². The molecule has 4 rings (SSSR count). The van der Waals surface area contributed by atoms with E-state index >= 15 is 0 Å². The average Bonchev–Trinajstić information content (AvgIpc) is 3.15. The van der Waals surface area contributed by atoms with E-state index in [9.17, 15) is 0 Å². The van der Waals surface area contributed by atoms with Crippen molar-refractivity contribution in [3.05, 3.63) is 46.1 Å². The van der Waals surface area contributed by atoms with Crippen LogP contribution >= 0.6 is 34.3 Å². The summed E-state index contributed by atoms with van der Waals surface area (Å²) in [7, 11) is 0. The Labute approximate surface area is 127 Å². The van der Waals surface area contributed by atoms with Gasteiger partial charge in [0.15, 0.2) is 5.82 Å². The standard InChI is InChI=1S/C13H7ClN4S2/c14-10-3-1-8(2-4-10)12-17-18-11(9-5-6-19-7-9)15-16-13(18)20-12/h1-7H. The fourth-order valence-corrected chi connectivity index (χ4v) is 3.50. The predicted octanol–water partition coefficient (Wildman–Crippen LogP) is 4.23. The van der Waals surface area contributed by atoms with E-state index < -0.39 is 0 Å². The largest absolute Gasteiger partial charge is 0.235 e. The number of halogens is 1. The second-order valence-electron chi connectivity index (χ2n) is 4.14. The summed E-state index contributed by atoms with van der Waals surface area (Å²) in [4.78, 5) is 0.788. The summed E-state index contributed by atoms with van der Waals surface area (Å²) in [6.45, 7) is 0. The molecule has 3 aromatic heterocycles. The smallest absolute Gasteiger partial charge is 0.182 e. The van der Waals surface area contributed by atoms with Crippen LogP contribution in [0, 0.1) is 0 Å². The van der Waals surface area contributed by atoms with E-state index in [0.29, 0.717) is 0 Å². The van der Waals surface area contributed by atoms with Gasteiger partial charge in [0.2, 0.25) is 4.96 Å². The molecule has 1 aromatic carbocycles. The molecule has 0 spiro atoms. The first kappa shape index (κ1) is 12.0. The van der Waals surface area contributed by atoms with Gasteiger partial charge in [0.1, 0.15) is 5.01 Å². The van der Waals surface area contributed by atoms with Gasteiger partial charge < -0.3 is 0 Å². The molecular formula is C13H7ClN4S2. The Morgan fingerprint density at radius 1 is 1.00 bits per heavy atom. The van der Waals surface area contributed by atoms with Gasteiger partial charge in [0, 0.05) is 21.5 Å². The summed E-state index contributed by atoms with van der Waals surface area (Å²) in [5.41, 5.74) is 2.07. The van der Waals surface area contributed by atoms with E-state index in [2.05, 4.69) is 15.3 Å². The Bertz CT molecular complexity index is 862. The van der Waals surface area contributed by atoms with Crippen molar-refractivity contribution in [3.8, 4) is 22.0 Å². The predicted molar refractivity (Wildman–Crippen MR) is 82.4 cm³/mol. The van der Waals surface area contributed by atoms with Crippen LogP contribution in [0.25, 0.3) is 26.9 Å². The molecular weight excluding hydrogens is 312 g/mol. The van der Waals surface area contributed by atoms with Crippen LogP contribution in [0.2, 0.25) is 5.02 Å². The van der Waals surface area contributed by atoms with Crippen LogP contribution in [0.5, 0.6) is 0 Å². The highest BCUT2D eigenvalue weighted by Gasteiger charge is 2.14. The van der Waals surface area contributed by atoms with Crippen molar-refractivity contribution < 1.29 is 0 Å². The summed E-state index contributed by atoms with van der Waals surface area (Å²) in [5, 5.41) is 18.7. The molecule has 4 aromatic rings. The van der Waals surface area contributed by atoms with Gasteiger partial charge in [-0.05, 0) is 23.6 Å². The van der Waals surface area contributed by atoms with Crippen LogP contribution in [-0.2, 0) is 0 Å². The lowest BCUT2D eigenvalue weighted by Gasteiger charge is -1.95. The third kappa shape index (κ3) is 1.93. The van der Waals surface area contributed by atoms with Gasteiger partial charge in [-0.25, -0.2) is 0 Å². The molecule has 0 saturated carbocycles. The highest BCUT2D eigenvalue weighted by atomic mass is 35.5. The van der Waals surface area contributed by atoms with Gasteiger partial charge in [-0.3, -0.25) is 0 Å². The van der Waals surface area contributed by atoms with E-state index in [1.807, 2.05) is 41.1 Å². The van der Waals surface area contributed by atoms with Crippen molar-refractivity contribution in [2.24, 2.45) is 0 Å². The molecule has 0 radical (unpaired) electrons. The van der Waals surface area contributed by atoms with Crippen molar-refractivity contribution >= 4 is 39.2 Å². The first-order chi connectivity index (χ1) is 9.81. The lowest BCUT2D eigenvalue weighted by Crippen LogP contribution is -1.89. The number of aromatic nitrogens is 4. The van der Waals surface area contributed by atoms with E-state index in [0.717, 1.165) is 31.9 Å². The van der Waals surface area contributed by atoms with Crippen molar-refractivity contribution in [2.45, 2.75) is 0 Å². The molecule has 0 amide bonds. The first-order valence-electron chi connectivity index (χ1n) is 5.82. The van der Waals surface area contributed by atoms with E-state index in [1.165, 1.54) is 11.3 Å². The maximum Gasteiger partial charge on any atom is 0.235 e. The SMILES string of the molecule is Clc1ccc(-c2nn3c(-c4ccsc4)nnc3s2)cc1. The van der Waals surface area contributed by atoms with Crippen LogP contribution in [0.1, 0.15) is 0 Å². The maximum atomic E-state index is 5.91. The maximum absolute atomic E-state index is 5.91. The number of fused-ring (bicyclic) bond motifs is 1. The third-order valence-corrected chi connectivity index (χ3v) is 4.74. The number of benzene rings is 1. The van der Waals surface area contributed by atoms with E-state index in [1.54, 1.807) is 15.9 Å². The Morgan fingerprint density at radius 3 is 2.60 bits per heavy atom. The molecule has 98 valence electrons. The Balaban J connectivity index is 1.85. The highest BCUT2D eigenvalue weighted by molar-refractivity contribution is 7.19. The normalized spacial score (nSPS) is 11.2. The Morgan fingerprint density at radius 2 is 1.85 bits per heavy atom. The quantitative estimate of drug-likeness (QED) is 0.555. The fraction of sp³-hybridized carbons (Fsp3) is 0. The molecule has 4 nitrogen and oxygen atoms in total. The molecule has 0 aliphatic heterocycles. The van der Waals surface area contributed by atoms with Crippen LogP contribution in [0.4, 0.5) is 0 Å². The number of hydrogen-bond acceptors (Lipinski definition) is 5. The molecule has 0 aliphatic rings. The second-order valence-corrected chi connectivity index (χ2v) is 6.32. The summed E-state index contributed by atoms with van der Waals surface area (Å²) in [6.07, 6.45) is 0. The minimum Gasteiger partial charge on any atom is -0.182 e. The second kappa shape index (κ2) is 4.66. The van der Waals surface area contributed by atoms with Gasteiger partial charge in [-0.1, -0.05) is 35.1 Å². The minimum absolute atomic E-state index is 0.718. The lowest BCUT2D eigenvalue weighted by atomic mass is 10.2. The zero-order valence-electron chi connectivity index (χ0n) is 10.0. The minimum atomic E-state index is 0.718. The van der Waals surface area contributed by atoms with E-state index in [4.69, 9.17) is 11.6 Å². The summed E-state index contributed by atoms with van der Waals surface area (Å²) in [5.74, 6) is 0.776. The van der Waals surface area contributed by atoms with Gasteiger partial charge in [-0.2, -0.15) is 21.0 Å². The third-order valence-electron chi connectivity index (χ3n) is 2.86. The molecule has 0 aliphatic carbocycles. The van der Waals surface area contributed by atoms with Crippen molar-refractivity contribution in [1.29, 1.82) is 0 Å². The molecule has 0 atom stereocenters. The van der Waals surface area contributed by atoms with Crippen LogP contribution in [0.15, 0.2) is 41.1 Å². The topological polar surface area (TPSA) is 43.1 Å². The molecule has 0 N–H and O–H groups in total. The highest BCUT2D eigenvalue weighted by Crippen LogP contribution is 2.29. The van der Waals surface area contributed by atoms with E-state index in [-0.39, 0.29) is 0 Å². The molecule has 20 heavy (non-hydrogen) atoms. The van der Waals surface area contributed by atoms with Crippen molar-refractivity contribution in [3.63, 3.8) is 0 Å². The zero-order valence-corrected chi connectivity index (χ0v) is 12.4. The summed E-state index contributed by atoms with van der Waals surface area (Å²) in [6, 6.07) is 9.65. The van der Waals surface area contributed by atoms with Gasteiger partial charge in [0.05, 0.1) is 0 Å². The zero-order chi connectivity index (χ0) is 13.5. The average molecular weight is 319 g/mol. The molecule has 0 saturated heterocycles. The number of nitrogens with zero attached hydrogens (tertiary/aromatic N) is 4. The Hall–Kier alpha value is -1.76. The molecule has 0 unspecified atom stereocenters. The number of thiophene rings is 1. The van der Waals surface area contributed by atoms with Crippen molar-refractivity contribution in [2.75, 3.05) is 0 Å². The molecule has 0 bridgehead atoms. The molecule has 0 fully saturated rings. The van der Waals surface area contributed by atoms with Gasteiger partial charge in [0.25, 0.3) is 0 Å². The number of hydrogen-bond donors (Lipinski definition) is 0. The molecule has 3 heterocycles. The Kier molecular flexibility index (Phi) is 2.80. The van der Waals surface area contributed by atoms with Crippen molar-refractivity contribution in [1.82, 2.24) is 19.8 Å². The summed E-state index contributed by atoms with van der Waals surface area (Å²) < 4.78 is 1.79. The lowest BCUT2D eigenvalue weighted by molar-refractivity contribution is 0.971. The number of rotatable bonds is 2. The fourth-order valence-electron chi connectivity index (χ4n) is 1.90. The molecule has 7 heteroatoms.